The van der Waals surface area contributed by atoms with E-state index in [4.69, 9.17) is 5.21 Å². The molecule has 1 aliphatic rings. The highest BCUT2D eigenvalue weighted by Gasteiger charge is 2.21. The lowest BCUT2D eigenvalue weighted by Crippen LogP contribution is -2.39. The van der Waals surface area contributed by atoms with Crippen LogP contribution in [0.1, 0.15) is 46.8 Å². The van der Waals surface area contributed by atoms with E-state index in [2.05, 4.69) is 19.2 Å². The summed E-state index contributed by atoms with van der Waals surface area (Å²) >= 11 is 0. The molecule has 2 aromatic carbocycles. The molecule has 3 amide bonds. The monoisotopic (exact) mass is 353 g/mol. The van der Waals surface area contributed by atoms with Gasteiger partial charge in [0, 0.05) is 24.3 Å². The molecule has 1 aliphatic heterocycles. The molecule has 3 rings (SSSR count). The summed E-state index contributed by atoms with van der Waals surface area (Å²) in [6.45, 7) is 5.34. The summed E-state index contributed by atoms with van der Waals surface area (Å²) < 4.78 is 0. The minimum absolute atomic E-state index is 0.134. The number of carbonyl (C=O) groups excluding carboxylic acids is 2. The lowest BCUT2D eigenvalue weighted by Gasteiger charge is -2.29. The molecule has 0 aliphatic carbocycles. The van der Waals surface area contributed by atoms with Gasteiger partial charge in [0.25, 0.3) is 5.91 Å². The molecule has 136 valence electrons. The first-order valence-electron chi connectivity index (χ1n) is 8.70. The molecular weight excluding hydrogens is 330 g/mol. The fourth-order valence-corrected chi connectivity index (χ4v) is 3.09. The highest BCUT2D eigenvalue weighted by Crippen LogP contribution is 2.22. The second kappa shape index (κ2) is 7.58. The van der Waals surface area contributed by atoms with Gasteiger partial charge in [0.15, 0.2) is 0 Å². The van der Waals surface area contributed by atoms with E-state index in [9.17, 15) is 9.59 Å². The number of nitrogens with one attached hydrogen (secondary N) is 2. The number of fused-ring (bicyclic) bond motifs is 1. The number of urea groups is 1. The van der Waals surface area contributed by atoms with E-state index in [-0.39, 0.29) is 6.03 Å². The summed E-state index contributed by atoms with van der Waals surface area (Å²) in [5.41, 5.74) is 6.10. The molecule has 1 heterocycles. The van der Waals surface area contributed by atoms with Crippen molar-refractivity contribution >= 4 is 17.6 Å². The lowest BCUT2D eigenvalue weighted by molar-refractivity contribution is 0.0706. The van der Waals surface area contributed by atoms with E-state index in [1.165, 1.54) is 5.56 Å². The van der Waals surface area contributed by atoms with Crippen LogP contribution in [0.2, 0.25) is 0 Å². The van der Waals surface area contributed by atoms with Crippen molar-refractivity contribution in [3.8, 4) is 0 Å². The summed E-state index contributed by atoms with van der Waals surface area (Å²) in [6.07, 6.45) is 0.668. The number of carbonyl (C=O) groups is 2. The number of nitrogens with zero attached hydrogens (tertiary/aromatic N) is 1. The second-order valence-electron chi connectivity index (χ2n) is 6.80. The zero-order valence-corrected chi connectivity index (χ0v) is 15.0. The molecule has 6 heteroatoms. The fraction of sp³-hybridized carbons (Fsp3) is 0.300. The maximum atomic E-state index is 12.5. The predicted molar refractivity (Wildman–Crippen MR) is 99.4 cm³/mol. The van der Waals surface area contributed by atoms with Gasteiger partial charge in [-0.15, -0.1) is 0 Å². The number of rotatable bonds is 3. The van der Waals surface area contributed by atoms with Crippen molar-refractivity contribution in [3.05, 3.63) is 64.7 Å². The summed E-state index contributed by atoms with van der Waals surface area (Å²) in [7, 11) is 0. The molecule has 3 N–H and O–H groups in total. The van der Waals surface area contributed by atoms with Gasteiger partial charge in [0.1, 0.15) is 0 Å². The van der Waals surface area contributed by atoms with Crippen LogP contribution in [-0.2, 0) is 13.0 Å². The van der Waals surface area contributed by atoms with E-state index >= 15 is 0 Å². The van der Waals surface area contributed by atoms with Crippen LogP contribution in [0.4, 0.5) is 10.5 Å². The molecule has 0 saturated heterocycles. The van der Waals surface area contributed by atoms with Crippen LogP contribution in [0.15, 0.2) is 42.5 Å². The maximum absolute atomic E-state index is 12.5. The Labute approximate surface area is 152 Å². The predicted octanol–water partition coefficient (Wildman–Crippen LogP) is 3.52. The summed E-state index contributed by atoms with van der Waals surface area (Å²) in [5.74, 6) is -0.0750. The fourth-order valence-electron chi connectivity index (χ4n) is 3.09. The normalized spacial score (nSPS) is 13.3. The van der Waals surface area contributed by atoms with Gasteiger partial charge < -0.3 is 10.2 Å². The molecule has 26 heavy (non-hydrogen) atoms. The Morgan fingerprint density at radius 3 is 2.46 bits per heavy atom. The summed E-state index contributed by atoms with van der Waals surface area (Å²) in [6, 6.07) is 13.0. The molecular formula is C20H23N3O3. The van der Waals surface area contributed by atoms with E-state index < -0.39 is 5.91 Å². The molecule has 0 spiro atoms. The van der Waals surface area contributed by atoms with Crippen molar-refractivity contribution < 1.29 is 14.8 Å². The SMILES string of the molecule is CC(C)c1ccc(NC(=O)N2CCc3cc(C(=O)NO)ccc3C2)cc1. The quantitative estimate of drug-likeness (QED) is 0.583. The van der Waals surface area contributed by atoms with Crippen molar-refractivity contribution in [3.63, 3.8) is 0 Å². The number of amides is 3. The van der Waals surface area contributed by atoms with Gasteiger partial charge in [-0.3, -0.25) is 10.0 Å². The maximum Gasteiger partial charge on any atom is 0.322 e. The first-order chi connectivity index (χ1) is 12.5. The summed E-state index contributed by atoms with van der Waals surface area (Å²) in [5, 5.41) is 11.7. The van der Waals surface area contributed by atoms with Crippen LogP contribution >= 0.6 is 0 Å². The summed E-state index contributed by atoms with van der Waals surface area (Å²) in [4.78, 5) is 25.8. The molecule has 0 bridgehead atoms. The van der Waals surface area contributed by atoms with Crippen LogP contribution in [0.3, 0.4) is 0 Å². The highest BCUT2D eigenvalue weighted by atomic mass is 16.5. The first-order valence-corrected chi connectivity index (χ1v) is 8.70. The third-order valence-electron chi connectivity index (χ3n) is 4.70. The Hall–Kier alpha value is -2.86. The topological polar surface area (TPSA) is 81.7 Å². The largest absolute Gasteiger partial charge is 0.322 e. The Balaban J connectivity index is 1.66. The van der Waals surface area contributed by atoms with Crippen LogP contribution < -0.4 is 10.8 Å². The van der Waals surface area contributed by atoms with E-state index in [0.29, 0.717) is 31.0 Å². The smallest absolute Gasteiger partial charge is 0.320 e. The number of anilines is 1. The van der Waals surface area contributed by atoms with Gasteiger partial charge in [-0.05, 0) is 53.3 Å². The van der Waals surface area contributed by atoms with Crippen molar-refractivity contribution in [2.45, 2.75) is 32.7 Å². The zero-order chi connectivity index (χ0) is 18.7. The minimum Gasteiger partial charge on any atom is -0.320 e. The van der Waals surface area contributed by atoms with Gasteiger partial charge in [-0.1, -0.05) is 32.0 Å². The van der Waals surface area contributed by atoms with Crippen molar-refractivity contribution in [2.75, 3.05) is 11.9 Å². The van der Waals surface area contributed by atoms with Crippen LogP contribution in [0.5, 0.6) is 0 Å². The first kappa shape index (κ1) is 17.9. The van der Waals surface area contributed by atoms with Crippen molar-refractivity contribution in [2.24, 2.45) is 0 Å². The molecule has 0 radical (unpaired) electrons. The van der Waals surface area contributed by atoms with Gasteiger partial charge in [0.05, 0.1) is 0 Å². The zero-order valence-electron chi connectivity index (χ0n) is 15.0. The minimum atomic E-state index is -0.530. The standard InChI is InChI=1S/C20H23N3O3/c1-13(2)14-5-7-18(8-6-14)21-20(25)23-10-9-15-11-16(19(24)22-26)3-4-17(15)12-23/h3-8,11,13,26H,9-10,12H2,1-2H3,(H,21,25)(H,22,24). The van der Waals surface area contributed by atoms with Crippen LogP contribution in [0, 0.1) is 0 Å². The third kappa shape index (κ3) is 3.86. The Morgan fingerprint density at radius 2 is 1.81 bits per heavy atom. The highest BCUT2D eigenvalue weighted by molar-refractivity contribution is 5.93. The molecule has 0 saturated carbocycles. The van der Waals surface area contributed by atoms with Crippen LogP contribution in [-0.4, -0.2) is 28.6 Å². The molecule has 6 nitrogen and oxygen atoms in total. The molecule has 0 unspecified atom stereocenters. The molecule has 2 aromatic rings. The van der Waals surface area contributed by atoms with Crippen molar-refractivity contribution in [1.29, 1.82) is 0 Å². The molecule has 0 atom stereocenters. The second-order valence-corrected chi connectivity index (χ2v) is 6.80. The number of hydrogen-bond donors (Lipinski definition) is 3. The average Bonchev–Trinajstić information content (AvgIpc) is 2.66. The Kier molecular flexibility index (Phi) is 5.23. The van der Waals surface area contributed by atoms with Gasteiger partial charge >= 0.3 is 6.03 Å². The van der Waals surface area contributed by atoms with Gasteiger partial charge in [0.2, 0.25) is 0 Å². The number of hydrogen-bond acceptors (Lipinski definition) is 3. The third-order valence-corrected chi connectivity index (χ3v) is 4.70. The van der Waals surface area contributed by atoms with Crippen molar-refractivity contribution in [1.82, 2.24) is 10.4 Å². The molecule has 0 fully saturated rings. The molecule has 0 aromatic heterocycles. The average molecular weight is 353 g/mol. The van der Waals surface area contributed by atoms with Gasteiger partial charge in [-0.25, -0.2) is 10.3 Å². The van der Waals surface area contributed by atoms with Gasteiger partial charge in [-0.2, -0.15) is 0 Å². The van der Waals surface area contributed by atoms with E-state index in [1.54, 1.807) is 22.5 Å². The number of benzene rings is 2. The Bertz CT molecular complexity index is 816. The number of hydroxylamine groups is 1. The van der Waals surface area contributed by atoms with Crippen LogP contribution in [0.25, 0.3) is 0 Å². The van der Waals surface area contributed by atoms with E-state index in [0.717, 1.165) is 16.8 Å². The lowest BCUT2D eigenvalue weighted by atomic mass is 9.97. The Morgan fingerprint density at radius 1 is 1.08 bits per heavy atom. The van der Waals surface area contributed by atoms with E-state index in [1.807, 2.05) is 30.3 Å².